The Morgan fingerprint density at radius 3 is 2.15 bits per heavy atom. The SMILES string of the molecule is NC(=O)[C@@H]1C[C@@H](NC(=O)OCC2c3ccccc3-c3ccccc32)CN1Cc1ccccc1. The molecule has 0 saturated carbocycles. The van der Waals surface area contributed by atoms with Crippen molar-refractivity contribution in [2.45, 2.75) is 31.0 Å². The van der Waals surface area contributed by atoms with Crippen molar-refractivity contribution in [2.75, 3.05) is 13.2 Å². The molecule has 33 heavy (non-hydrogen) atoms. The second kappa shape index (κ2) is 9.08. The fourth-order valence-corrected chi connectivity index (χ4v) is 5.10. The first-order chi connectivity index (χ1) is 16.1. The van der Waals surface area contributed by atoms with Gasteiger partial charge in [-0.1, -0.05) is 78.9 Å². The molecule has 0 spiro atoms. The zero-order chi connectivity index (χ0) is 22.8. The molecule has 6 nitrogen and oxygen atoms in total. The predicted molar refractivity (Wildman–Crippen MR) is 126 cm³/mol. The van der Waals surface area contributed by atoms with Gasteiger partial charge in [-0.3, -0.25) is 9.69 Å². The minimum Gasteiger partial charge on any atom is -0.449 e. The predicted octanol–water partition coefficient (Wildman–Crippen LogP) is 3.65. The van der Waals surface area contributed by atoms with Crippen molar-refractivity contribution >= 4 is 12.0 Å². The summed E-state index contributed by atoms with van der Waals surface area (Å²) in [6, 6.07) is 25.8. The van der Waals surface area contributed by atoms with E-state index in [9.17, 15) is 9.59 Å². The number of likely N-dealkylation sites (tertiary alicyclic amines) is 1. The highest BCUT2D eigenvalue weighted by Gasteiger charge is 2.37. The van der Waals surface area contributed by atoms with Gasteiger partial charge in [0.05, 0.1) is 6.04 Å². The second-order valence-corrected chi connectivity index (χ2v) is 8.74. The average molecular weight is 442 g/mol. The zero-order valence-electron chi connectivity index (χ0n) is 18.3. The molecule has 168 valence electrons. The Bertz CT molecular complexity index is 1120. The Kier molecular flexibility index (Phi) is 5.84. The van der Waals surface area contributed by atoms with Gasteiger partial charge >= 0.3 is 6.09 Å². The summed E-state index contributed by atoms with van der Waals surface area (Å²) in [7, 11) is 0. The van der Waals surface area contributed by atoms with E-state index in [2.05, 4.69) is 29.6 Å². The minimum absolute atomic E-state index is 0.0136. The van der Waals surface area contributed by atoms with Crippen LogP contribution in [-0.4, -0.2) is 42.1 Å². The molecule has 2 aliphatic rings. The molecule has 1 aliphatic heterocycles. The molecule has 6 heteroatoms. The highest BCUT2D eigenvalue weighted by molar-refractivity contribution is 5.81. The van der Waals surface area contributed by atoms with Crippen LogP contribution < -0.4 is 11.1 Å². The van der Waals surface area contributed by atoms with Crippen molar-refractivity contribution in [3.8, 4) is 11.1 Å². The van der Waals surface area contributed by atoms with E-state index in [1.807, 2.05) is 59.5 Å². The van der Waals surface area contributed by atoms with Gasteiger partial charge in [-0.2, -0.15) is 0 Å². The van der Waals surface area contributed by atoms with Crippen LogP contribution in [0.4, 0.5) is 4.79 Å². The Balaban J connectivity index is 1.21. The molecule has 0 aromatic heterocycles. The van der Waals surface area contributed by atoms with Crippen LogP contribution in [0, 0.1) is 0 Å². The molecule has 0 bridgehead atoms. The molecule has 0 unspecified atom stereocenters. The first-order valence-electron chi connectivity index (χ1n) is 11.3. The van der Waals surface area contributed by atoms with Crippen molar-refractivity contribution in [2.24, 2.45) is 5.73 Å². The monoisotopic (exact) mass is 441 g/mol. The Morgan fingerprint density at radius 1 is 0.909 bits per heavy atom. The number of ether oxygens (including phenoxy) is 1. The molecule has 1 fully saturated rings. The number of hydrogen-bond acceptors (Lipinski definition) is 4. The van der Waals surface area contributed by atoms with Crippen molar-refractivity contribution in [3.05, 3.63) is 95.6 Å². The highest BCUT2D eigenvalue weighted by Crippen LogP contribution is 2.44. The smallest absolute Gasteiger partial charge is 0.407 e. The van der Waals surface area contributed by atoms with Gasteiger partial charge in [0.15, 0.2) is 0 Å². The summed E-state index contributed by atoms with van der Waals surface area (Å²) in [5.41, 5.74) is 11.5. The van der Waals surface area contributed by atoms with Gasteiger partial charge in [0.2, 0.25) is 5.91 Å². The first-order valence-corrected chi connectivity index (χ1v) is 11.3. The van der Waals surface area contributed by atoms with Crippen LogP contribution in [0.2, 0.25) is 0 Å². The number of nitrogens with zero attached hydrogens (tertiary/aromatic N) is 1. The van der Waals surface area contributed by atoms with E-state index >= 15 is 0 Å². The van der Waals surface area contributed by atoms with Crippen LogP contribution in [0.5, 0.6) is 0 Å². The van der Waals surface area contributed by atoms with Crippen molar-refractivity contribution < 1.29 is 14.3 Å². The lowest BCUT2D eigenvalue weighted by Gasteiger charge is -2.21. The number of hydrogen-bond donors (Lipinski definition) is 2. The molecule has 1 aliphatic carbocycles. The number of primary amides is 1. The van der Waals surface area contributed by atoms with E-state index in [-0.39, 0.29) is 24.5 Å². The largest absolute Gasteiger partial charge is 0.449 e. The Morgan fingerprint density at radius 2 is 1.52 bits per heavy atom. The number of amides is 2. The maximum absolute atomic E-state index is 12.7. The lowest BCUT2D eigenvalue weighted by Crippen LogP contribution is -2.39. The fourth-order valence-electron chi connectivity index (χ4n) is 5.10. The molecule has 3 aromatic rings. The van der Waals surface area contributed by atoms with E-state index in [0.29, 0.717) is 19.5 Å². The maximum atomic E-state index is 12.7. The molecule has 1 saturated heterocycles. The minimum atomic E-state index is -0.466. The molecule has 5 rings (SSSR count). The van der Waals surface area contributed by atoms with E-state index < -0.39 is 12.1 Å². The number of carbonyl (C=O) groups is 2. The van der Waals surface area contributed by atoms with E-state index in [4.69, 9.17) is 10.5 Å². The molecular formula is C27H27N3O3. The summed E-state index contributed by atoms with van der Waals surface area (Å²) in [6.45, 7) is 1.42. The fraction of sp³-hybridized carbons (Fsp3) is 0.259. The van der Waals surface area contributed by atoms with Crippen molar-refractivity contribution in [1.29, 1.82) is 0 Å². The Hall–Kier alpha value is -3.64. The number of nitrogens with two attached hydrogens (primary N) is 1. The topological polar surface area (TPSA) is 84.7 Å². The van der Waals surface area contributed by atoms with Crippen LogP contribution in [-0.2, 0) is 16.1 Å². The number of alkyl carbamates (subject to hydrolysis) is 1. The third-order valence-corrected chi connectivity index (χ3v) is 6.63. The second-order valence-electron chi connectivity index (χ2n) is 8.74. The van der Waals surface area contributed by atoms with E-state index in [0.717, 1.165) is 5.56 Å². The summed E-state index contributed by atoms with van der Waals surface area (Å²) in [5, 5.41) is 2.94. The Labute approximate surface area is 193 Å². The number of fused-ring (bicyclic) bond motifs is 3. The van der Waals surface area contributed by atoms with Crippen LogP contribution in [0.15, 0.2) is 78.9 Å². The summed E-state index contributed by atoms with van der Waals surface area (Å²) in [5.74, 6) is -0.359. The van der Waals surface area contributed by atoms with Gasteiger partial charge < -0.3 is 15.8 Å². The summed E-state index contributed by atoms with van der Waals surface area (Å²) in [6.07, 6.45) is 0.0125. The van der Waals surface area contributed by atoms with Crippen LogP contribution in [0.3, 0.4) is 0 Å². The van der Waals surface area contributed by atoms with Crippen LogP contribution in [0.1, 0.15) is 29.0 Å². The van der Waals surface area contributed by atoms with Gasteiger partial charge in [-0.25, -0.2) is 4.79 Å². The maximum Gasteiger partial charge on any atom is 0.407 e. The molecule has 3 N–H and O–H groups in total. The number of rotatable bonds is 6. The molecule has 1 heterocycles. The van der Waals surface area contributed by atoms with E-state index in [1.165, 1.54) is 22.3 Å². The summed E-state index contributed by atoms with van der Waals surface area (Å²) >= 11 is 0. The van der Waals surface area contributed by atoms with Gasteiger partial charge in [0, 0.05) is 25.0 Å². The summed E-state index contributed by atoms with van der Waals surface area (Å²) in [4.78, 5) is 26.7. The third-order valence-electron chi connectivity index (χ3n) is 6.63. The number of benzene rings is 3. The normalized spacial score (nSPS) is 19.6. The lowest BCUT2D eigenvalue weighted by atomic mass is 9.98. The van der Waals surface area contributed by atoms with Gasteiger partial charge in [0.1, 0.15) is 6.61 Å². The van der Waals surface area contributed by atoms with Crippen LogP contribution in [0.25, 0.3) is 11.1 Å². The first kappa shape index (κ1) is 21.2. The lowest BCUT2D eigenvalue weighted by molar-refractivity contribution is -0.122. The highest BCUT2D eigenvalue weighted by atomic mass is 16.5. The van der Waals surface area contributed by atoms with E-state index in [1.54, 1.807) is 0 Å². The quantitative estimate of drug-likeness (QED) is 0.612. The van der Waals surface area contributed by atoms with Crippen molar-refractivity contribution in [3.63, 3.8) is 0 Å². The van der Waals surface area contributed by atoms with Gasteiger partial charge in [-0.05, 0) is 34.2 Å². The standard InChI is InChI=1S/C27H27N3O3/c28-26(31)25-14-19(16-30(25)15-18-8-2-1-3-9-18)29-27(32)33-17-24-22-12-6-4-10-20(22)21-11-5-7-13-23(21)24/h1-13,19,24-25H,14-17H2,(H2,28,31)(H,29,32)/t19-,25+/m1/s1. The molecule has 0 radical (unpaired) electrons. The molecule has 3 aromatic carbocycles. The number of nitrogens with one attached hydrogen (secondary N) is 1. The number of carbonyl (C=O) groups excluding carboxylic acids is 2. The van der Waals surface area contributed by atoms with Crippen molar-refractivity contribution in [1.82, 2.24) is 10.2 Å². The molecule has 2 amide bonds. The van der Waals surface area contributed by atoms with Gasteiger partial charge in [-0.15, -0.1) is 0 Å². The third kappa shape index (κ3) is 4.34. The average Bonchev–Trinajstić information content (AvgIpc) is 3.37. The summed E-state index contributed by atoms with van der Waals surface area (Å²) < 4.78 is 5.67. The van der Waals surface area contributed by atoms with Crippen LogP contribution >= 0.6 is 0 Å². The molecule has 2 atom stereocenters. The zero-order valence-corrected chi connectivity index (χ0v) is 18.3. The van der Waals surface area contributed by atoms with Gasteiger partial charge in [0.25, 0.3) is 0 Å². The molecular weight excluding hydrogens is 414 g/mol.